The van der Waals surface area contributed by atoms with E-state index in [9.17, 15) is 13.6 Å². The summed E-state index contributed by atoms with van der Waals surface area (Å²) in [4.78, 5) is 12.3. The van der Waals surface area contributed by atoms with E-state index in [0.29, 0.717) is 11.3 Å². The van der Waals surface area contributed by atoms with Crippen molar-refractivity contribution in [1.29, 1.82) is 0 Å². The summed E-state index contributed by atoms with van der Waals surface area (Å²) in [5, 5.41) is 0. The van der Waals surface area contributed by atoms with Gasteiger partial charge in [0.05, 0.1) is 7.11 Å². The zero-order valence-corrected chi connectivity index (χ0v) is 17.8. The number of unbranched alkanes of at least 4 members (excludes halogenated alkanes) is 2. The second-order valence-corrected chi connectivity index (χ2v) is 8.14. The standard InChI is InChI=1S/C25H30F2O3/c1-3-4-5-6-17-7-9-18(10-8-17)19-15-22(26)24(23(27)16-19)25(28)30-21-13-11-20(29-2)12-14-21/h11-18H,3-10H2,1-2H3/t17-,18-. The molecule has 0 unspecified atom stereocenters. The molecule has 0 saturated heterocycles. The molecule has 1 aliphatic carbocycles. The Labute approximate surface area is 177 Å². The largest absolute Gasteiger partial charge is 0.497 e. The third-order valence-electron chi connectivity index (χ3n) is 6.07. The Hall–Kier alpha value is -2.43. The smallest absolute Gasteiger partial charge is 0.349 e. The van der Waals surface area contributed by atoms with Crippen LogP contribution in [-0.4, -0.2) is 13.1 Å². The quantitative estimate of drug-likeness (QED) is 0.263. The van der Waals surface area contributed by atoms with Crippen LogP contribution in [0, 0.1) is 17.6 Å². The fourth-order valence-electron chi connectivity index (χ4n) is 4.29. The summed E-state index contributed by atoms with van der Waals surface area (Å²) in [6.07, 6.45) is 9.07. The number of hydrogen-bond donors (Lipinski definition) is 0. The average Bonchev–Trinajstić information content (AvgIpc) is 2.74. The molecule has 1 aliphatic rings. The Morgan fingerprint density at radius 3 is 2.13 bits per heavy atom. The molecule has 5 heteroatoms. The summed E-state index contributed by atoms with van der Waals surface area (Å²) in [6.45, 7) is 2.20. The van der Waals surface area contributed by atoms with Gasteiger partial charge in [0.25, 0.3) is 0 Å². The molecule has 2 aromatic carbocycles. The number of carbonyl (C=O) groups excluding carboxylic acids is 1. The van der Waals surface area contributed by atoms with Crippen LogP contribution in [0.25, 0.3) is 0 Å². The molecule has 0 aromatic heterocycles. The molecule has 1 saturated carbocycles. The summed E-state index contributed by atoms with van der Waals surface area (Å²) >= 11 is 0. The number of methoxy groups -OCH3 is 1. The van der Waals surface area contributed by atoms with Gasteiger partial charge >= 0.3 is 5.97 Å². The highest BCUT2D eigenvalue weighted by atomic mass is 19.1. The van der Waals surface area contributed by atoms with Crippen molar-refractivity contribution in [3.63, 3.8) is 0 Å². The molecule has 0 spiro atoms. The fraction of sp³-hybridized carbons (Fsp3) is 0.480. The summed E-state index contributed by atoms with van der Waals surface area (Å²) in [7, 11) is 1.52. The highest BCUT2D eigenvalue weighted by Gasteiger charge is 2.26. The van der Waals surface area contributed by atoms with E-state index in [2.05, 4.69) is 6.92 Å². The maximum Gasteiger partial charge on any atom is 0.349 e. The van der Waals surface area contributed by atoms with Gasteiger partial charge in [-0.2, -0.15) is 0 Å². The van der Waals surface area contributed by atoms with Crippen LogP contribution in [0.2, 0.25) is 0 Å². The third kappa shape index (κ3) is 5.59. The van der Waals surface area contributed by atoms with E-state index in [1.54, 1.807) is 12.1 Å². The van der Waals surface area contributed by atoms with E-state index in [4.69, 9.17) is 9.47 Å². The van der Waals surface area contributed by atoms with Gasteiger partial charge in [0, 0.05) is 0 Å². The van der Waals surface area contributed by atoms with E-state index in [1.807, 2.05) is 0 Å². The molecule has 162 valence electrons. The van der Waals surface area contributed by atoms with Crippen LogP contribution in [0.15, 0.2) is 36.4 Å². The molecule has 0 radical (unpaired) electrons. The predicted molar refractivity (Wildman–Crippen MR) is 113 cm³/mol. The van der Waals surface area contributed by atoms with Crippen LogP contribution in [-0.2, 0) is 0 Å². The van der Waals surface area contributed by atoms with Gasteiger partial charge in [0.1, 0.15) is 28.7 Å². The first kappa shape index (κ1) is 22.3. The van der Waals surface area contributed by atoms with Gasteiger partial charge in [0.15, 0.2) is 0 Å². The van der Waals surface area contributed by atoms with E-state index >= 15 is 0 Å². The summed E-state index contributed by atoms with van der Waals surface area (Å²) in [5.41, 5.74) is -0.0131. The number of hydrogen-bond acceptors (Lipinski definition) is 3. The van der Waals surface area contributed by atoms with Crippen molar-refractivity contribution in [3.05, 3.63) is 59.2 Å². The van der Waals surface area contributed by atoms with E-state index < -0.39 is 23.2 Å². The van der Waals surface area contributed by atoms with Crippen molar-refractivity contribution < 1.29 is 23.0 Å². The molecule has 0 atom stereocenters. The lowest BCUT2D eigenvalue weighted by Crippen LogP contribution is -2.16. The first-order valence-electron chi connectivity index (χ1n) is 10.9. The Kier molecular flexibility index (Phi) is 7.83. The van der Waals surface area contributed by atoms with E-state index in [1.165, 1.54) is 57.1 Å². The zero-order chi connectivity index (χ0) is 21.5. The first-order valence-corrected chi connectivity index (χ1v) is 10.9. The lowest BCUT2D eigenvalue weighted by molar-refractivity contribution is 0.0724. The molecule has 2 aromatic rings. The molecule has 0 bridgehead atoms. The lowest BCUT2D eigenvalue weighted by atomic mass is 9.77. The predicted octanol–water partition coefficient (Wildman–Crippen LogP) is 7.05. The summed E-state index contributed by atoms with van der Waals surface area (Å²) in [6, 6.07) is 8.85. The van der Waals surface area contributed by atoms with Crippen molar-refractivity contribution in [2.75, 3.05) is 7.11 Å². The van der Waals surface area contributed by atoms with Crippen molar-refractivity contribution in [2.45, 2.75) is 64.2 Å². The maximum atomic E-state index is 14.7. The second-order valence-electron chi connectivity index (χ2n) is 8.14. The topological polar surface area (TPSA) is 35.5 Å². The van der Waals surface area contributed by atoms with Gasteiger partial charge in [-0.3, -0.25) is 0 Å². The van der Waals surface area contributed by atoms with Gasteiger partial charge in [0.2, 0.25) is 0 Å². The second kappa shape index (κ2) is 10.6. The van der Waals surface area contributed by atoms with Gasteiger partial charge < -0.3 is 9.47 Å². The first-order chi connectivity index (χ1) is 14.5. The van der Waals surface area contributed by atoms with Crippen LogP contribution < -0.4 is 9.47 Å². The van der Waals surface area contributed by atoms with Gasteiger partial charge in [-0.15, -0.1) is 0 Å². The zero-order valence-electron chi connectivity index (χ0n) is 17.8. The molecule has 0 heterocycles. The highest BCUT2D eigenvalue weighted by Crippen LogP contribution is 2.38. The van der Waals surface area contributed by atoms with Crippen LogP contribution in [0.5, 0.6) is 11.5 Å². The normalized spacial score (nSPS) is 18.8. The minimum Gasteiger partial charge on any atom is -0.497 e. The highest BCUT2D eigenvalue weighted by molar-refractivity contribution is 5.91. The number of rotatable bonds is 8. The molecule has 0 amide bonds. The fourth-order valence-corrected chi connectivity index (χ4v) is 4.29. The molecule has 3 rings (SSSR count). The number of halogens is 2. The maximum absolute atomic E-state index is 14.7. The molecule has 1 fully saturated rings. The summed E-state index contributed by atoms with van der Waals surface area (Å²) in [5.74, 6) is -1.12. The average molecular weight is 417 g/mol. The molecular weight excluding hydrogens is 386 g/mol. The Balaban J connectivity index is 1.64. The molecule has 0 N–H and O–H groups in total. The number of benzene rings is 2. The molecule has 30 heavy (non-hydrogen) atoms. The van der Waals surface area contributed by atoms with E-state index in [-0.39, 0.29) is 11.7 Å². The molecule has 0 aliphatic heterocycles. The van der Waals surface area contributed by atoms with Crippen LogP contribution in [0.1, 0.15) is 80.1 Å². The minimum absolute atomic E-state index is 0.142. The number of carbonyl (C=O) groups is 1. The Morgan fingerprint density at radius 2 is 1.57 bits per heavy atom. The monoisotopic (exact) mass is 416 g/mol. The molecule has 3 nitrogen and oxygen atoms in total. The number of ether oxygens (including phenoxy) is 2. The van der Waals surface area contributed by atoms with Crippen LogP contribution in [0.4, 0.5) is 8.78 Å². The van der Waals surface area contributed by atoms with Crippen molar-refractivity contribution in [3.8, 4) is 11.5 Å². The SMILES string of the molecule is CCCCC[C@H]1CC[C@H](c2cc(F)c(C(=O)Oc3ccc(OC)cc3)c(F)c2)CC1. The Morgan fingerprint density at radius 1 is 0.967 bits per heavy atom. The Bertz CT molecular complexity index is 817. The van der Waals surface area contributed by atoms with Crippen molar-refractivity contribution >= 4 is 5.97 Å². The van der Waals surface area contributed by atoms with Crippen LogP contribution >= 0.6 is 0 Å². The lowest BCUT2D eigenvalue weighted by Gasteiger charge is -2.29. The van der Waals surface area contributed by atoms with Gasteiger partial charge in [-0.25, -0.2) is 13.6 Å². The summed E-state index contributed by atoms with van der Waals surface area (Å²) < 4.78 is 39.5. The van der Waals surface area contributed by atoms with Crippen LogP contribution in [0.3, 0.4) is 0 Å². The molecular formula is C25H30F2O3. The van der Waals surface area contributed by atoms with Gasteiger partial charge in [-0.1, -0.05) is 32.6 Å². The van der Waals surface area contributed by atoms with Gasteiger partial charge in [-0.05, 0) is 79.5 Å². The number of esters is 1. The van der Waals surface area contributed by atoms with E-state index in [0.717, 1.165) is 31.6 Å². The third-order valence-corrected chi connectivity index (χ3v) is 6.07. The van der Waals surface area contributed by atoms with Crippen molar-refractivity contribution in [2.24, 2.45) is 5.92 Å². The van der Waals surface area contributed by atoms with Crippen molar-refractivity contribution in [1.82, 2.24) is 0 Å². The minimum atomic E-state index is -1.04.